The van der Waals surface area contributed by atoms with E-state index in [0.29, 0.717) is 0 Å². The number of aromatic nitrogens is 5. The highest BCUT2D eigenvalue weighted by Crippen LogP contribution is 2.27. The lowest BCUT2D eigenvalue weighted by Gasteiger charge is -2.34. The van der Waals surface area contributed by atoms with E-state index in [4.69, 9.17) is 0 Å². The highest BCUT2D eigenvalue weighted by molar-refractivity contribution is 5.97. The largest absolute Gasteiger partial charge is 0.308 e. The number of aryl methyl sites for hydroxylation is 3. The lowest BCUT2D eigenvalue weighted by molar-refractivity contribution is -0.122. The highest BCUT2D eigenvalue weighted by atomic mass is 16.2. The minimum Gasteiger partial charge on any atom is -0.308 e. The number of piperidine rings is 1. The van der Waals surface area contributed by atoms with Crippen LogP contribution in [0.3, 0.4) is 0 Å². The van der Waals surface area contributed by atoms with E-state index in [-0.39, 0.29) is 18.0 Å². The van der Waals surface area contributed by atoms with Gasteiger partial charge < -0.3 is 4.90 Å². The first kappa shape index (κ1) is 16.3. The van der Waals surface area contributed by atoms with Crippen molar-refractivity contribution in [2.45, 2.75) is 57.7 Å². The van der Waals surface area contributed by atoms with Crippen molar-refractivity contribution in [3.63, 3.8) is 0 Å². The molecule has 0 bridgehead atoms. The number of hydrogen-bond donors (Lipinski definition) is 1. The molecule has 0 saturated carbocycles. The minimum absolute atomic E-state index is 0.101. The van der Waals surface area contributed by atoms with E-state index < -0.39 is 0 Å². The predicted octanol–water partition coefficient (Wildman–Crippen LogP) is 1.19. The monoisotopic (exact) mass is 343 g/mol. The van der Waals surface area contributed by atoms with E-state index in [1.54, 1.807) is 10.9 Å². The van der Waals surface area contributed by atoms with Gasteiger partial charge in [-0.15, -0.1) is 0 Å². The number of nitrogens with one attached hydrogen (secondary N) is 1. The second-order valence-electron chi connectivity index (χ2n) is 6.88. The summed E-state index contributed by atoms with van der Waals surface area (Å²) in [5, 5.41) is 12.3. The average Bonchev–Trinajstić information content (AvgIpc) is 3.23. The van der Waals surface area contributed by atoms with Crippen molar-refractivity contribution in [2.24, 2.45) is 7.05 Å². The number of carbonyl (C=O) groups excluding carboxylic acids is 1. The van der Waals surface area contributed by atoms with Crippen molar-refractivity contribution in [3.05, 3.63) is 24.0 Å². The molecule has 8 nitrogen and oxygen atoms in total. The molecule has 0 aromatic carbocycles. The number of hydrogen-bond acceptors (Lipinski definition) is 5. The summed E-state index contributed by atoms with van der Waals surface area (Å²) in [5.74, 6) is 2.00. The molecule has 4 heterocycles. The Morgan fingerprint density at radius 1 is 1.24 bits per heavy atom. The Balaban J connectivity index is 1.51. The molecule has 0 aliphatic carbocycles. The predicted molar refractivity (Wildman–Crippen MR) is 93.1 cm³/mol. The zero-order valence-electron chi connectivity index (χ0n) is 14.9. The van der Waals surface area contributed by atoms with Gasteiger partial charge in [0.25, 0.3) is 0 Å². The van der Waals surface area contributed by atoms with E-state index in [0.717, 1.165) is 62.5 Å². The second-order valence-corrected chi connectivity index (χ2v) is 6.88. The molecular formula is C17H25N7O. The molecule has 0 radical (unpaired) electrons. The molecule has 0 unspecified atom stereocenters. The van der Waals surface area contributed by atoms with Gasteiger partial charge in [0.15, 0.2) is 5.82 Å². The fourth-order valence-corrected chi connectivity index (χ4v) is 3.78. The molecule has 2 aliphatic rings. The summed E-state index contributed by atoms with van der Waals surface area (Å²) in [6.45, 7) is 3.74. The normalized spacial score (nSPS) is 23.8. The summed E-state index contributed by atoms with van der Waals surface area (Å²) in [6.07, 6.45) is 8.39. The lowest BCUT2D eigenvalue weighted by Crippen LogP contribution is -2.52. The first-order valence-electron chi connectivity index (χ1n) is 9.15. The van der Waals surface area contributed by atoms with Crippen LogP contribution in [0.4, 0.5) is 5.69 Å². The number of anilines is 1. The molecule has 0 spiro atoms. The zero-order chi connectivity index (χ0) is 17.4. The van der Waals surface area contributed by atoms with Crippen molar-refractivity contribution in [2.75, 3.05) is 11.4 Å². The van der Waals surface area contributed by atoms with Crippen molar-refractivity contribution < 1.29 is 4.79 Å². The summed E-state index contributed by atoms with van der Waals surface area (Å²) >= 11 is 0. The maximum absolute atomic E-state index is 13.0. The SMILES string of the molecule is CCc1nc2n(n1)CCC[C@@H]2N[C@@H]1CCCN(c2cnn(C)c2)C1=O. The number of fused-ring (bicyclic) bond motifs is 1. The molecular weight excluding hydrogens is 318 g/mol. The third-order valence-corrected chi connectivity index (χ3v) is 5.08. The standard InChI is InChI=1S/C17H25N7O/c1-3-15-20-16-13(6-5-9-24(16)21-15)19-14-7-4-8-23(17(14)25)12-10-18-22(2)11-12/h10-11,13-14,19H,3-9H2,1-2H3/t13-,14+/m0/s1. The molecule has 1 fully saturated rings. The molecule has 1 N–H and O–H groups in total. The van der Waals surface area contributed by atoms with Crippen LogP contribution in [-0.2, 0) is 24.8 Å². The van der Waals surface area contributed by atoms with Crippen LogP contribution >= 0.6 is 0 Å². The Morgan fingerprint density at radius 2 is 2.04 bits per heavy atom. The Kier molecular flexibility index (Phi) is 4.29. The van der Waals surface area contributed by atoms with E-state index in [1.807, 2.05) is 22.8 Å². The summed E-state index contributed by atoms with van der Waals surface area (Å²) in [7, 11) is 1.87. The van der Waals surface area contributed by atoms with Gasteiger partial charge in [0, 0.05) is 32.8 Å². The van der Waals surface area contributed by atoms with E-state index in [2.05, 4.69) is 27.4 Å². The third-order valence-electron chi connectivity index (χ3n) is 5.08. The lowest BCUT2D eigenvalue weighted by atomic mass is 10.0. The van der Waals surface area contributed by atoms with E-state index in [9.17, 15) is 4.79 Å². The topological polar surface area (TPSA) is 80.9 Å². The molecule has 2 aromatic heterocycles. The van der Waals surface area contributed by atoms with Crippen LogP contribution < -0.4 is 10.2 Å². The van der Waals surface area contributed by atoms with Gasteiger partial charge in [-0.25, -0.2) is 9.67 Å². The number of rotatable bonds is 4. The van der Waals surface area contributed by atoms with Gasteiger partial charge in [0.1, 0.15) is 5.82 Å². The summed E-state index contributed by atoms with van der Waals surface area (Å²) < 4.78 is 3.74. The smallest absolute Gasteiger partial charge is 0.244 e. The maximum atomic E-state index is 13.0. The second kappa shape index (κ2) is 6.59. The fraction of sp³-hybridized carbons (Fsp3) is 0.647. The van der Waals surface area contributed by atoms with Crippen LogP contribution in [0.1, 0.15) is 50.3 Å². The molecule has 1 saturated heterocycles. The van der Waals surface area contributed by atoms with Gasteiger partial charge in [0.05, 0.1) is 24.0 Å². The molecule has 1 amide bonds. The van der Waals surface area contributed by atoms with Crippen LogP contribution in [0, 0.1) is 0 Å². The molecule has 25 heavy (non-hydrogen) atoms. The van der Waals surface area contributed by atoms with Crippen LogP contribution in [0.2, 0.25) is 0 Å². The van der Waals surface area contributed by atoms with Crippen LogP contribution in [-0.4, -0.2) is 43.0 Å². The average molecular weight is 343 g/mol. The molecule has 8 heteroatoms. The minimum atomic E-state index is -0.174. The molecule has 2 aromatic rings. The molecule has 134 valence electrons. The first-order valence-corrected chi connectivity index (χ1v) is 9.15. The zero-order valence-corrected chi connectivity index (χ0v) is 14.9. The maximum Gasteiger partial charge on any atom is 0.244 e. The van der Waals surface area contributed by atoms with Crippen molar-refractivity contribution in [3.8, 4) is 0 Å². The van der Waals surface area contributed by atoms with Gasteiger partial charge >= 0.3 is 0 Å². The van der Waals surface area contributed by atoms with Crippen LogP contribution in [0.5, 0.6) is 0 Å². The molecule has 2 atom stereocenters. The van der Waals surface area contributed by atoms with Crippen molar-refractivity contribution >= 4 is 11.6 Å². The molecule has 4 rings (SSSR count). The van der Waals surface area contributed by atoms with Crippen molar-refractivity contribution in [1.82, 2.24) is 29.9 Å². The van der Waals surface area contributed by atoms with Gasteiger partial charge in [-0.2, -0.15) is 10.2 Å². The van der Waals surface area contributed by atoms with Gasteiger partial charge in [0.2, 0.25) is 5.91 Å². The Labute approximate surface area is 147 Å². The summed E-state index contributed by atoms with van der Waals surface area (Å²) in [6, 6.07) is -0.0726. The Hall–Kier alpha value is -2.22. The van der Waals surface area contributed by atoms with Gasteiger partial charge in [-0.05, 0) is 25.7 Å². The Morgan fingerprint density at radius 3 is 2.80 bits per heavy atom. The van der Waals surface area contributed by atoms with Gasteiger partial charge in [-0.3, -0.25) is 14.8 Å². The Bertz CT molecular complexity index is 765. The summed E-state index contributed by atoms with van der Waals surface area (Å²) in [5.41, 5.74) is 0.874. The first-order chi connectivity index (χ1) is 12.2. The molecule has 2 aliphatic heterocycles. The van der Waals surface area contributed by atoms with E-state index >= 15 is 0 Å². The van der Waals surface area contributed by atoms with Crippen molar-refractivity contribution in [1.29, 1.82) is 0 Å². The number of amides is 1. The van der Waals surface area contributed by atoms with Crippen LogP contribution in [0.25, 0.3) is 0 Å². The van der Waals surface area contributed by atoms with Crippen LogP contribution in [0.15, 0.2) is 12.4 Å². The third kappa shape index (κ3) is 3.06. The highest BCUT2D eigenvalue weighted by Gasteiger charge is 2.34. The summed E-state index contributed by atoms with van der Waals surface area (Å²) in [4.78, 5) is 19.5. The fourth-order valence-electron chi connectivity index (χ4n) is 3.78. The van der Waals surface area contributed by atoms with Gasteiger partial charge in [-0.1, -0.05) is 6.92 Å². The van der Waals surface area contributed by atoms with E-state index in [1.165, 1.54) is 0 Å². The number of carbonyl (C=O) groups is 1. The quantitative estimate of drug-likeness (QED) is 0.902. The number of nitrogens with zero attached hydrogens (tertiary/aromatic N) is 6.